The molecule has 4 rings (SSSR count). The Balaban J connectivity index is 0.000000480. The van der Waals surface area contributed by atoms with Crippen molar-refractivity contribution in [3.8, 4) is 5.75 Å². The highest BCUT2D eigenvalue weighted by Crippen LogP contribution is 2.46. The van der Waals surface area contributed by atoms with Crippen LogP contribution in [-0.4, -0.2) is 13.2 Å². The minimum Gasteiger partial charge on any atom is -0.490 e. The molecule has 3 heterocycles. The van der Waals surface area contributed by atoms with Crippen LogP contribution in [0.25, 0.3) is 0 Å². The number of hydrogen-bond donors (Lipinski definition) is 1. The van der Waals surface area contributed by atoms with Crippen LogP contribution >= 0.6 is 0 Å². The van der Waals surface area contributed by atoms with E-state index in [1.807, 2.05) is 6.07 Å². The van der Waals surface area contributed by atoms with Crippen molar-refractivity contribution in [1.29, 1.82) is 0 Å². The second-order valence-corrected chi connectivity index (χ2v) is 2.65. The predicted molar refractivity (Wildman–Crippen MR) is 44.0 cm³/mol. The van der Waals surface area contributed by atoms with Gasteiger partial charge in [0.05, 0.1) is 12.2 Å². The molecule has 3 aliphatic rings. The fourth-order valence-electron chi connectivity index (χ4n) is 1.58. The van der Waals surface area contributed by atoms with Crippen molar-refractivity contribution in [2.75, 3.05) is 18.1 Å². The molecule has 0 saturated heterocycles. The van der Waals surface area contributed by atoms with Gasteiger partial charge < -0.3 is 15.8 Å². The van der Waals surface area contributed by atoms with Gasteiger partial charge in [-0.25, -0.2) is 0 Å². The van der Waals surface area contributed by atoms with Crippen LogP contribution in [0.3, 0.4) is 0 Å². The Morgan fingerprint density at radius 3 is 2.91 bits per heavy atom. The molecule has 3 aliphatic heterocycles. The van der Waals surface area contributed by atoms with E-state index in [9.17, 15) is 0 Å². The first-order chi connectivity index (χ1) is 4.95. The molecule has 0 fully saturated rings. The van der Waals surface area contributed by atoms with Gasteiger partial charge in [-0.05, 0) is 18.2 Å². The average Bonchev–Trinajstić information content (AvgIpc) is 1.96. The zero-order valence-electron chi connectivity index (χ0n) is 6.21. The van der Waals surface area contributed by atoms with Gasteiger partial charge in [0.1, 0.15) is 12.4 Å². The topological polar surface area (TPSA) is 47.5 Å². The summed E-state index contributed by atoms with van der Waals surface area (Å²) in [6.07, 6.45) is 0. The van der Waals surface area contributed by atoms with Crippen molar-refractivity contribution in [2.24, 2.45) is 0 Å². The van der Waals surface area contributed by atoms with E-state index in [4.69, 9.17) is 4.74 Å². The van der Waals surface area contributed by atoms with Gasteiger partial charge in [-0.3, -0.25) is 0 Å². The molecule has 1 aromatic rings. The molecular formula is C8H10N2O. The minimum absolute atomic E-state index is 0. The maximum Gasteiger partial charge on any atom is 0.143 e. The van der Waals surface area contributed by atoms with Gasteiger partial charge >= 0.3 is 0 Å². The van der Waals surface area contributed by atoms with Crippen molar-refractivity contribution in [2.45, 2.75) is 0 Å². The zero-order chi connectivity index (χ0) is 6.55. The summed E-state index contributed by atoms with van der Waals surface area (Å²) in [4.78, 5) is 2.29. The van der Waals surface area contributed by atoms with Gasteiger partial charge in [-0.1, -0.05) is 0 Å². The highest BCUT2D eigenvalue weighted by atomic mass is 16.5. The molecule has 3 heteroatoms. The molecule has 0 aromatic heterocycles. The molecular weight excluding hydrogens is 140 g/mol. The van der Waals surface area contributed by atoms with E-state index in [1.165, 1.54) is 11.4 Å². The lowest BCUT2D eigenvalue weighted by molar-refractivity contribution is 0.310. The van der Waals surface area contributed by atoms with Crippen molar-refractivity contribution in [3.05, 3.63) is 18.2 Å². The van der Waals surface area contributed by atoms with Crippen molar-refractivity contribution in [3.63, 3.8) is 0 Å². The lowest BCUT2D eigenvalue weighted by Crippen LogP contribution is -2.33. The van der Waals surface area contributed by atoms with Crippen molar-refractivity contribution >= 4 is 11.4 Å². The maximum absolute atomic E-state index is 5.41. The molecule has 0 saturated carbocycles. The van der Waals surface area contributed by atoms with E-state index in [0.29, 0.717) is 0 Å². The first-order valence-electron chi connectivity index (χ1n) is 3.49. The SMILES string of the molecule is C1=CC2=C3C=C1N3CCO2.N. The van der Waals surface area contributed by atoms with Gasteiger partial charge in [0.2, 0.25) is 0 Å². The van der Waals surface area contributed by atoms with E-state index < -0.39 is 0 Å². The first kappa shape index (κ1) is 6.49. The third kappa shape index (κ3) is 0.607. The number of hydrogen-bond acceptors (Lipinski definition) is 3. The molecule has 0 aliphatic carbocycles. The Morgan fingerprint density at radius 2 is 2.27 bits per heavy atom. The number of ether oxygens (including phenoxy) is 1. The number of rotatable bonds is 0. The number of nitrogens with zero attached hydrogens (tertiary/aromatic N) is 1. The van der Waals surface area contributed by atoms with E-state index in [0.717, 1.165) is 18.9 Å². The van der Waals surface area contributed by atoms with Gasteiger partial charge in [0, 0.05) is 5.69 Å². The number of anilines is 2. The minimum atomic E-state index is 0. The number of benzene rings is 1. The maximum atomic E-state index is 5.41. The fourth-order valence-corrected chi connectivity index (χ4v) is 1.58. The summed E-state index contributed by atoms with van der Waals surface area (Å²) >= 11 is 0. The zero-order valence-corrected chi connectivity index (χ0v) is 6.21. The summed E-state index contributed by atoms with van der Waals surface area (Å²) in [6.45, 7) is 1.86. The third-order valence-electron chi connectivity index (χ3n) is 2.12. The first-order valence-corrected chi connectivity index (χ1v) is 3.49. The Bertz CT molecular complexity index is 289. The summed E-state index contributed by atoms with van der Waals surface area (Å²) < 4.78 is 5.41. The Labute approximate surface area is 65.2 Å². The third-order valence-corrected chi connectivity index (χ3v) is 2.12. The molecule has 0 radical (unpaired) electrons. The molecule has 4 bridgehead atoms. The molecule has 3 nitrogen and oxygen atoms in total. The molecule has 0 unspecified atom stereocenters. The Morgan fingerprint density at radius 1 is 1.36 bits per heavy atom. The normalized spacial score (nSPS) is 16.2. The lowest BCUT2D eigenvalue weighted by atomic mass is 10.1. The molecule has 0 atom stereocenters. The molecule has 1 aromatic carbocycles. The van der Waals surface area contributed by atoms with Crippen LogP contribution in [0.5, 0.6) is 5.75 Å². The summed E-state index contributed by atoms with van der Waals surface area (Å²) in [7, 11) is 0. The van der Waals surface area contributed by atoms with Crippen LogP contribution in [0.2, 0.25) is 0 Å². The van der Waals surface area contributed by atoms with E-state index in [1.54, 1.807) is 0 Å². The quantitative estimate of drug-likeness (QED) is 0.612. The van der Waals surface area contributed by atoms with Crippen LogP contribution in [0.4, 0.5) is 11.4 Å². The monoisotopic (exact) mass is 150 g/mol. The van der Waals surface area contributed by atoms with Crippen molar-refractivity contribution < 1.29 is 4.74 Å². The highest BCUT2D eigenvalue weighted by molar-refractivity contribution is 5.83. The summed E-state index contributed by atoms with van der Waals surface area (Å²) in [5.74, 6) is 1.04. The fraction of sp³-hybridized carbons (Fsp3) is 0.250. The second-order valence-electron chi connectivity index (χ2n) is 2.65. The molecule has 58 valence electrons. The molecule has 3 N–H and O–H groups in total. The van der Waals surface area contributed by atoms with Gasteiger partial charge in [0.25, 0.3) is 0 Å². The summed E-state index contributed by atoms with van der Waals surface area (Å²) in [6, 6.07) is 6.30. The van der Waals surface area contributed by atoms with Crippen LogP contribution in [0.15, 0.2) is 18.2 Å². The summed E-state index contributed by atoms with van der Waals surface area (Å²) in [5, 5.41) is 0. The van der Waals surface area contributed by atoms with E-state index >= 15 is 0 Å². The molecule has 0 spiro atoms. The Hall–Kier alpha value is -1.22. The molecule has 11 heavy (non-hydrogen) atoms. The van der Waals surface area contributed by atoms with E-state index in [2.05, 4.69) is 17.0 Å². The van der Waals surface area contributed by atoms with Crippen LogP contribution in [0, 0.1) is 0 Å². The standard InChI is InChI=1S/C8H7NO.H3N/c1-2-8-7-5-6(1)9(7)3-4-10-8;/h1-2,5H,3-4H2;1H3. The van der Waals surface area contributed by atoms with Crippen molar-refractivity contribution in [1.82, 2.24) is 6.15 Å². The van der Waals surface area contributed by atoms with E-state index in [-0.39, 0.29) is 6.15 Å². The largest absolute Gasteiger partial charge is 0.490 e. The second kappa shape index (κ2) is 1.89. The summed E-state index contributed by atoms with van der Waals surface area (Å²) in [5.41, 5.74) is 2.60. The Kier molecular flexibility index (Phi) is 1.11. The predicted octanol–water partition coefficient (Wildman–Crippen LogP) is 1.69. The molecule has 0 amide bonds. The van der Waals surface area contributed by atoms with Crippen LogP contribution in [0.1, 0.15) is 0 Å². The van der Waals surface area contributed by atoms with Gasteiger partial charge in [0.15, 0.2) is 0 Å². The van der Waals surface area contributed by atoms with Gasteiger partial charge in [-0.2, -0.15) is 0 Å². The number of fused-ring (bicyclic) bond motifs is 1. The van der Waals surface area contributed by atoms with Crippen LogP contribution < -0.4 is 15.8 Å². The lowest BCUT2D eigenvalue weighted by Gasteiger charge is -2.38. The smallest absolute Gasteiger partial charge is 0.143 e. The van der Waals surface area contributed by atoms with Gasteiger partial charge in [-0.15, -0.1) is 0 Å². The van der Waals surface area contributed by atoms with Crippen LogP contribution in [-0.2, 0) is 0 Å². The average molecular weight is 150 g/mol. The highest BCUT2D eigenvalue weighted by Gasteiger charge is 2.27.